The number of likely N-dealkylation sites (N-methyl/N-ethyl adjacent to an activating group) is 1. The van der Waals surface area contributed by atoms with Crippen molar-refractivity contribution in [2.75, 3.05) is 13.6 Å². The molecule has 1 amide bonds. The van der Waals surface area contributed by atoms with Gasteiger partial charge in [-0.05, 0) is 32.6 Å². The Morgan fingerprint density at radius 3 is 2.59 bits per heavy atom. The molecule has 17 heavy (non-hydrogen) atoms. The number of carbonyl (C=O) groups is 1. The Bertz CT molecular complexity index is 248. The van der Waals surface area contributed by atoms with E-state index in [-0.39, 0.29) is 11.9 Å². The minimum Gasteiger partial charge on any atom is -0.388 e. The van der Waals surface area contributed by atoms with E-state index in [0.29, 0.717) is 13.0 Å². The van der Waals surface area contributed by atoms with Gasteiger partial charge in [-0.15, -0.1) is 0 Å². The summed E-state index contributed by atoms with van der Waals surface area (Å²) in [7, 11) is 1.78. The summed E-state index contributed by atoms with van der Waals surface area (Å²) in [6, 6.07) is 0.159. The first-order chi connectivity index (χ1) is 7.93. The van der Waals surface area contributed by atoms with Crippen LogP contribution in [0.25, 0.3) is 0 Å². The predicted molar refractivity (Wildman–Crippen MR) is 68.6 cm³/mol. The lowest BCUT2D eigenvalue weighted by atomic mass is 10.0. The number of hydrogen-bond acceptors (Lipinski definition) is 3. The number of amides is 1. The molecule has 1 saturated carbocycles. The maximum Gasteiger partial charge on any atom is 0.222 e. The molecule has 0 aliphatic heterocycles. The molecule has 0 saturated heterocycles. The molecule has 0 spiro atoms. The molecule has 1 atom stereocenters. The molecule has 0 aromatic rings. The number of nitrogens with zero attached hydrogens (tertiary/aromatic N) is 1. The summed E-state index contributed by atoms with van der Waals surface area (Å²) < 4.78 is 0. The molecule has 0 aromatic carbocycles. The summed E-state index contributed by atoms with van der Waals surface area (Å²) in [5, 5.41) is 10.2. The highest BCUT2D eigenvalue weighted by atomic mass is 16.3. The topological polar surface area (TPSA) is 66.6 Å². The monoisotopic (exact) mass is 242 g/mol. The van der Waals surface area contributed by atoms with Gasteiger partial charge in [0, 0.05) is 26.1 Å². The van der Waals surface area contributed by atoms with E-state index in [4.69, 9.17) is 5.73 Å². The van der Waals surface area contributed by atoms with Crippen LogP contribution >= 0.6 is 0 Å². The van der Waals surface area contributed by atoms with Crippen LogP contribution in [0.4, 0.5) is 0 Å². The Morgan fingerprint density at radius 1 is 1.47 bits per heavy atom. The summed E-state index contributed by atoms with van der Waals surface area (Å²) in [6.45, 7) is 2.43. The number of carbonyl (C=O) groups excluding carboxylic acids is 1. The molecule has 4 heteroatoms. The van der Waals surface area contributed by atoms with Crippen LogP contribution < -0.4 is 5.73 Å². The first kappa shape index (κ1) is 14.5. The molecule has 1 rings (SSSR count). The van der Waals surface area contributed by atoms with E-state index >= 15 is 0 Å². The SMILES string of the molecule is CC(N)CCCC(=O)N(C)CC1(O)CCCC1. The van der Waals surface area contributed by atoms with Crippen molar-refractivity contribution in [3.05, 3.63) is 0 Å². The molecule has 1 aliphatic carbocycles. The summed E-state index contributed by atoms with van der Waals surface area (Å²) in [5.41, 5.74) is 5.01. The van der Waals surface area contributed by atoms with Crippen molar-refractivity contribution in [2.45, 2.75) is 63.5 Å². The fraction of sp³-hybridized carbons (Fsp3) is 0.923. The second kappa shape index (κ2) is 6.36. The largest absolute Gasteiger partial charge is 0.388 e. The number of rotatable bonds is 6. The van der Waals surface area contributed by atoms with Gasteiger partial charge in [0.25, 0.3) is 0 Å². The molecule has 1 aliphatic rings. The average molecular weight is 242 g/mol. The molecule has 100 valence electrons. The lowest BCUT2D eigenvalue weighted by Gasteiger charge is -2.28. The van der Waals surface area contributed by atoms with Crippen LogP contribution in [0.5, 0.6) is 0 Å². The van der Waals surface area contributed by atoms with Crippen LogP contribution in [0.3, 0.4) is 0 Å². The van der Waals surface area contributed by atoms with Gasteiger partial charge in [0.1, 0.15) is 0 Å². The molecular formula is C13H26N2O2. The third-order valence-corrected chi connectivity index (χ3v) is 3.54. The zero-order valence-corrected chi connectivity index (χ0v) is 11.1. The van der Waals surface area contributed by atoms with Crippen molar-refractivity contribution in [2.24, 2.45) is 5.73 Å². The summed E-state index contributed by atoms with van der Waals surface area (Å²) in [6.07, 6.45) is 6.04. The molecule has 3 N–H and O–H groups in total. The molecule has 0 aromatic heterocycles. The van der Waals surface area contributed by atoms with E-state index < -0.39 is 5.60 Å². The third kappa shape index (κ3) is 5.04. The molecular weight excluding hydrogens is 216 g/mol. The van der Waals surface area contributed by atoms with E-state index in [0.717, 1.165) is 38.5 Å². The highest BCUT2D eigenvalue weighted by molar-refractivity contribution is 5.75. The lowest BCUT2D eigenvalue weighted by molar-refractivity contribution is -0.133. The van der Waals surface area contributed by atoms with Gasteiger partial charge in [-0.1, -0.05) is 12.8 Å². The molecule has 0 radical (unpaired) electrons. The zero-order valence-electron chi connectivity index (χ0n) is 11.1. The maximum absolute atomic E-state index is 11.8. The molecule has 1 unspecified atom stereocenters. The smallest absolute Gasteiger partial charge is 0.222 e. The van der Waals surface area contributed by atoms with Crippen LogP contribution in [0.2, 0.25) is 0 Å². The van der Waals surface area contributed by atoms with Gasteiger partial charge in [-0.25, -0.2) is 0 Å². The fourth-order valence-electron chi connectivity index (χ4n) is 2.49. The summed E-state index contributed by atoms with van der Waals surface area (Å²) in [4.78, 5) is 13.5. The van der Waals surface area contributed by atoms with E-state index in [2.05, 4.69) is 0 Å². The van der Waals surface area contributed by atoms with E-state index in [1.54, 1.807) is 11.9 Å². The Balaban J connectivity index is 2.26. The Kier molecular flexibility index (Phi) is 5.40. The fourth-order valence-corrected chi connectivity index (χ4v) is 2.49. The van der Waals surface area contributed by atoms with Crippen molar-refractivity contribution in [1.82, 2.24) is 4.90 Å². The van der Waals surface area contributed by atoms with Gasteiger partial charge < -0.3 is 15.7 Å². The number of aliphatic hydroxyl groups is 1. The summed E-state index contributed by atoms with van der Waals surface area (Å²) in [5.74, 6) is 0.117. The van der Waals surface area contributed by atoms with Gasteiger partial charge in [-0.2, -0.15) is 0 Å². The first-order valence-electron chi connectivity index (χ1n) is 6.65. The minimum atomic E-state index is -0.633. The van der Waals surface area contributed by atoms with E-state index in [1.165, 1.54) is 0 Å². The average Bonchev–Trinajstić information content (AvgIpc) is 2.64. The van der Waals surface area contributed by atoms with Gasteiger partial charge in [0.2, 0.25) is 5.91 Å². The standard InChI is InChI=1S/C13H26N2O2/c1-11(14)6-5-7-12(16)15(2)10-13(17)8-3-4-9-13/h11,17H,3-10,14H2,1-2H3. The molecule has 4 nitrogen and oxygen atoms in total. The quantitative estimate of drug-likeness (QED) is 0.737. The van der Waals surface area contributed by atoms with Crippen LogP contribution in [-0.4, -0.2) is 41.1 Å². The van der Waals surface area contributed by atoms with Crippen molar-refractivity contribution in [1.29, 1.82) is 0 Å². The van der Waals surface area contributed by atoms with Crippen LogP contribution in [-0.2, 0) is 4.79 Å². The van der Waals surface area contributed by atoms with E-state index in [9.17, 15) is 9.90 Å². The lowest BCUT2D eigenvalue weighted by Crippen LogP contribution is -2.42. The third-order valence-electron chi connectivity index (χ3n) is 3.54. The Labute approximate surface area is 104 Å². The Morgan fingerprint density at radius 2 is 2.06 bits per heavy atom. The van der Waals surface area contributed by atoms with Gasteiger partial charge in [0.15, 0.2) is 0 Å². The molecule has 0 bridgehead atoms. The predicted octanol–water partition coefficient (Wildman–Crippen LogP) is 1.27. The normalized spacial score (nSPS) is 20.2. The highest BCUT2D eigenvalue weighted by Crippen LogP contribution is 2.30. The van der Waals surface area contributed by atoms with Crippen LogP contribution in [0.15, 0.2) is 0 Å². The van der Waals surface area contributed by atoms with Crippen molar-refractivity contribution in [3.63, 3.8) is 0 Å². The minimum absolute atomic E-state index is 0.117. The van der Waals surface area contributed by atoms with Gasteiger partial charge >= 0.3 is 0 Å². The zero-order chi connectivity index (χ0) is 12.9. The van der Waals surface area contributed by atoms with Gasteiger partial charge in [0.05, 0.1) is 5.60 Å². The van der Waals surface area contributed by atoms with Crippen LogP contribution in [0.1, 0.15) is 51.9 Å². The highest BCUT2D eigenvalue weighted by Gasteiger charge is 2.33. The Hall–Kier alpha value is -0.610. The maximum atomic E-state index is 11.8. The molecule has 0 heterocycles. The van der Waals surface area contributed by atoms with Crippen molar-refractivity contribution in [3.8, 4) is 0 Å². The van der Waals surface area contributed by atoms with Gasteiger partial charge in [-0.3, -0.25) is 4.79 Å². The van der Waals surface area contributed by atoms with Crippen molar-refractivity contribution < 1.29 is 9.90 Å². The van der Waals surface area contributed by atoms with E-state index in [1.807, 2.05) is 6.92 Å². The summed E-state index contributed by atoms with van der Waals surface area (Å²) >= 11 is 0. The number of hydrogen-bond donors (Lipinski definition) is 2. The second-order valence-electron chi connectivity index (χ2n) is 5.55. The first-order valence-corrected chi connectivity index (χ1v) is 6.65. The second-order valence-corrected chi connectivity index (χ2v) is 5.55. The number of nitrogens with two attached hydrogens (primary N) is 1. The molecule has 1 fully saturated rings. The van der Waals surface area contributed by atoms with Crippen LogP contribution in [0, 0.1) is 0 Å². The van der Waals surface area contributed by atoms with Crippen molar-refractivity contribution >= 4 is 5.91 Å².